The fourth-order valence-corrected chi connectivity index (χ4v) is 4.08. The minimum absolute atomic E-state index is 0.0568. The third-order valence-corrected chi connectivity index (χ3v) is 5.59. The van der Waals surface area contributed by atoms with Crippen molar-refractivity contribution >= 4 is 11.8 Å². The number of hydrogen-bond donors (Lipinski definition) is 0. The first-order valence-electron chi connectivity index (χ1n) is 9.20. The summed E-state index contributed by atoms with van der Waals surface area (Å²) in [6.45, 7) is 3.33. The van der Waals surface area contributed by atoms with E-state index in [4.69, 9.17) is 4.74 Å². The smallest absolute Gasteiger partial charge is 0.248 e. The van der Waals surface area contributed by atoms with Crippen LogP contribution in [0.25, 0.3) is 0 Å². The second-order valence-electron chi connectivity index (χ2n) is 7.40. The van der Waals surface area contributed by atoms with Crippen molar-refractivity contribution in [2.75, 3.05) is 39.9 Å². The van der Waals surface area contributed by atoms with Crippen LogP contribution in [-0.4, -0.2) is 61.5 Å². The standard InChI is InChI=1S/C20H28N2O3/c1-25-15-19(24)21-12-9-20(10-13-21)14-18(23)22(16-20)11-5-8-17-6-3-2-4-7-17/h2-4,6-7H,5,8-16H2,1H3. The molecule has 5 heteroatoms. The second kappa shape index (κ2) is 8.00. The van der Waals surface area contributed by atoms with Crippen molar-refractivity contribution in [2.24, 2.45) is 5.41 Å². The zero-order valence-corrected chi connectivity index (χ0v) is 15.1. The van der Waals surface area contributed by atoms with E-state index in [1.54, 1.807) is 7.11 Å². The highest BCUT2D eigenvalue weighted by atomic mass is 16.5. The number of rotatable bonds is 6. The SMILES string of the molecule is COCC(=O)N1CCC2(CC1)CC(=O)N(CCCc1ccccc1)C2. The van der Waals surface area contributed by atoms with Crippen LogP contribution in [0.3, 0.4) is 0 Å². The Morgan fingerprint density at radius 2 is 1.92 bits per heavy atom. The van der Waals surface area contributed by atoms with Crippen LogP contribution in [0.2, 0.25) is 0 Å². The summed E-state index contributed by atoms with van der Waals surface area (Å²) in [7, 11) is 1.55. The van der Waals surface area contributed by atoms with Crippen LogP contribution in [0.1, 0.15) is 31.2 Å². The van der Waals surface area contributed by atoms with Gasteiger partial charge in [-0.05, 0) is 31.2 Å². The van der Waals surface area contributed by atoms with Gasteiger partial charge < -0.3 is 14.5 Å². The van der Waals surface area contributed by atoms with Gasteiger partial charge in [0.05, 0.1) is 0 Å². The van der Waals surface area contributed by atoms with Gasteiger partial charge in [-0.3, -0.25) is 9.59 Å². The molecule has 2 heterocycles. The van der Waals surface area contributed by atoms with Gasteiger partial charge in [-0.25, -0.2) is 0 Å². The first-order valence-corrected chi connectivity index (χ1v) is 9.20. The predicted octanol–water partition coefficient (Wildman–Crippen LogP) is 2.11. The number of methoxy groups -OCH3 is 1. The average Bonchev–Trinajstić information content (AvgIpc) is 2.92. The molecular formula is C20H28N2O3. The molecule has 0 aromatic heterocycles. The molecule has 0 aliphatic carbocycles. The van der Waals surface area contributed by atoms with Crippen molar-refractivity contribution in [3.05, 3.63) is 35.9 Å². The fraction of sp³-hybridized carbons (Fsp3) is 0.600. The molecule has 1 aromatic carbocycles. The fourth-order valence-electron chi connectivity index (χ4n) is 4.08. The summed E-state index contributed by atoms with van der Waals surface area (Å²) >= 11 is 0. The van der Waals surface area contributed by atoms with E-state index in [1.807, 2.05) is 15.9 Å². The summed E-state index contributed by atoms with van der Waals surface area (Å²) in [6.07, 6.45) is 4.50. The Bertz CT molecular complexity index is 594. The number of carbonyl (C=O) groups is 2. The van der Waals surface area contributed by atoms with Gasteiger partial charge in [0.2, 0.25) is 11.8 Å². The Morgan fingerprint density at radius 1 is 1.20 bits per heavy atom. The van der Waals surface area contributed by atoms with E-state index in [0.29, 0.717) is 6.42 Å². The lowest BCUT2D eigenvalue weighted by molar-refractivity contribution is -0.137. The van der Waals surface area contributed by atoms with Crippen LogP contribution in [0.15, 0.2) is 30.3 Å². The number of aryl methyl sites for hydroxylation is 1. The molecule has 1 aromatic rings. The number of likely N-dealkylation sites (tertiary alicyclic amines) is 2. The summed E-state index contributed by atoms with van der Waals surface area (Å²) in [5, 5.41) is 0. The third kappa shape index (κ3) is 4.40. The maximum Gasteiger partial charge on any atom is 0.248 e. The van der Waals surface area contributed by atoms with Crippen LogP contribution in [0.4, 0.5) is 0 Å². The summed E-state index contributed by atoms with van der Waals surface area (Å²) in [6, 6.07) is 10.4. The summed E-state index contributed by atoms with van der Waals surface area (Å²) in [5.74, 6) is 0.339. The van der Waals surface area contributed by atoms with Gasteiger partial charge in [0.15, 0.2) is 0 Å². The van der Waals surface area contributed by atoms with Crippen molar-refractivity contribution in [1.29, 1.82) is 0 Å². The quantitative estimate of drug-likeness (QED) is 0.794. The predicted molar refractivity (Wildman–Crippen MR) is 96.1 cm³/mol. The van der Waals surface area contributed by atoms with E-state index in [0.717, 1.165) is 51.9 Å². The lowest BCUT2D eigenvalue weighted by atomic mass is 9.77. The highest BCUT2D eigenvalue weighted by molar-refractivity contribution is 5.80. The van der Waals surface area contributed by atoms with E-state index in [9.17, 15) is 9.59 Å². The van der Waals surface area contributed by atoms with E-state index in [1.165, 1.54) is 5.56 Å². The Kier molecular flexibility index (Phi) is 5.74. The number of carbonyl (C=O) groups excluding carboxylic acids is 2. The van der Waals surface area contributed by atoms with Crippen LogP contribution in [-0.2, 0) is 20.7 Å². The van der Waals surface area contributed by atoms with Gasteiger partial charge in [0.25, 0.3) is 0 Å². The number of benzene rings is 1. The molecule has 2 saturated heterocycles. The summed E-state index contributed by atoms with van der Waals surface area (Å²) < 4.78 is 4.94. The van der Waals surface area contributed by atoms with Crippen molar-refractivity contribution in [1.82, 2.24) is 9.80 Å². The molecular weight excluding hydrogens is 316 g/mol. The largest absolute Gasteiger partial charge is 0.375 e. The molecule has 2 aliphatic rings. The van der Waals surface area contributed by atoms with E-state index < -0.39 is 0 Å². The highest BCUT2D eigenvalue weighted by Gasteiger charge is 2.45. The van der Waals surface area contributed by atoms with Crippen molar-refractivity contribution in [3.8, 4) is 0 Å². The van der Waals surface area contributed by atoms with Crippen molar-refractivity contribution in [2.45, 2.75) is 32.1 Å². The first kappa shape index (κ1) is 17.9. The lowest BCUT2D eigenvalue weighted by Crippen LogP contribution is -2.45. The summed E-state index contributed by atoms with van der Waals surface area (Å²) in [4.78, 5) is 28.3. The topological polar surface area (TPSA) is 49.9 Å². The molecule has 5 nitrogen and oxygen atoms in total. The molecule has 0 N–H and O–H groups in total. The molecule has 2 amide bonds. The molecule has 25 heavy (non-hydrogen) atoms. The van der Waals surface area contributed by atoms with Gasteiger partial charge in [0, 0.05) is 45.1 Å². The van der Waals surface area contributed by atoms with E-state index in [-0.39, 0.29) is 23.8 Å². The van der Waals surface area contributed by atoms with Crippen LogP contribution in [0, 0.1) is 5.41 Å². The molecule has 1 spiro atoms. The Morgan fingerprint density at radius 3 is 2.60 bits per heavy atom. The van der Waals surface area contributed by atoms with Crippen molar-refractivity contribution < 1.29 is 14.3 Å². The average molecular weight is 344 g/mol. The zero-order valence-electron chi connectivity index (χ0n) is 15.1. The Hall–Kier alpha value is -1.88. The Labute approximate surface area is 149 Å². The molecule has 0 unspecified atom stereocenters. The molecule has 3 rings (SSSR count). The first-order chi connectivity index (χ1) is 12.1. The van der Waals surface area contributed by atoms with Gasteiger partial charge >= 0.3 is 0 Å². The van der Waals surface area contributed by atoms with Crippen molar-refractivity contribution in [3.63, 3.8) is 0 Å². The molecule has 0 saturated carbocycles. The van der Waals surface area contributed by atoms with E-state index >= 15 is 0 Å². The minimum atomic E-state index is 0.0568. The number of amides is 2. The molecule has 0 radical (unpaired) electrons. The molecule has 0 bridgehead atoms. The highest BCUT2D eigenvalue weighted by Crippen LogP contribution is 2.41. The normalized spacial score (nSPS) is 19.6. The van der Waals surface area contributed by atoms with Crippen LogP contribution < -0.4 is 0 Å². The lowest BCUT2D eigenvalue weighted by Gasteiger charge is -2.38. The zero-order chi connectivity index (χ0) is 17.7. The minimum Gasteiger partial charge on any atom is -0.375 e. The van der Waals surface area contributed by atoms with E-state index in [2.05, 4.69) is 24.3 Å². The monoisotopic (exact) mass is 344 g/mol. The maximum atomic E-state index is 12.4. The maximum absolute atomic E-state index is 12.4. The number of nitrogens with zero attached hydrogens (tertiary/aromatic N) is 2. The molecule has 2 aliphatic heterocycles. The van der Waals surface area contributed by atoms with Crippen LogP contribution >= 0.6 is 0 Å². The second-order valence-corrected chi connectivity index (χ2v) is 7.40. The third-order valence-electron chi connectivity index (χ3n) is 5.59. The van der Waals surface area contributed by atoms with Gasteiger partial charge in [-0.2, -0.15) is 0 Å². The van der Waals surface area contributed by atoms with Gasteiger partial charge in [0.1, 0.15) is 6.61 Å². The molecule has 2 fully saturated rings. The van der Waals surface area contributed by atoms with Gasteiger partial charge in [-0.1, -0.05) is 30.3 Å². The molecule has 136 valence electrons. The number of piperidine rings is 1. The molecule has 0 atom stereocenters. The van der Waals surface area contributed by atoms with Gasteiger partial charge in [-0.15, -0.1) is 0 Å². The summed E-state index contributed by atoms with van der Waals surface area (Å²) in [5.41, 5.74) is 1.40. The number of ether oxygens (including phenoxy) is 1. The Balaban J connectivity index is 1.47. The number of hydrogen-bond acceptors (Lipinski definition) is 3. The van der Waals surface area contributed by atoms with Crippen LogP contribution in [0.5, 0.6) is 0 Å².